The lowest BCUT2D eigenvalue weighted by Gasteiger charge is -2.12. The van der Waals surface area contributed by atoms with Gasteiger partial charge in [0, 0.05) is 37.8 Å². The van der Waals surface area contributed by atoms with Gasteiger partial charge in [0.2, 0.25) is 0 Å². The van der Waals surface area contributed by atoms with Crippen LogP contribution in [0.3, 0.4) is 0 Å². The molecule has 9 heteroatoms. The lowest BCUT2D eigenvalue weighted by molar-refractivity contribution is 0.101. The zero-order valence-electron chi connectivity index (χ0n) is 15.8. The number of halogens is 2. The number of anilines is 3. The van der Waals surface area contributed by atoms with Gasteiger partial charge < -0.3 is 10.6 Å². The second-order valence-electron chi connectivity index (χ2n) is 7.13. The Morgan fingerprint density at radius 2 is 2.10 bits per heavy atom. The number of nitrogens with zero attached hydrogens (tertiary/aromatic N) is 4. The van der Waals surface area contributed by atoms with Crippen LogP contribution in [0.1, 0.15) is 35.8 Å². The summed E-state index contributed by atoms with van der Waals surface area (Å²) in [6, 6.07) is 5.57. The lowest BCUT2D eigenvalue weighted by atomic mass is 10.2. The number of aromatic nitrogens is 4. The van der Waals surface area contributed by atoms with Gasteiger partial charge in [0.15, 0.2) is 28.9 Å². The van der Waals surface area contributed by atoms with Gasteiger partial charge in [-0.2, -0.15) is 5.10 Å². The fraction of sp³-hybridized carbons (Fsp3) is 0.300. The molecule has 3 aromatic rings. The van der Waals surface area contributed by atoms with Crippen molar-refractivity contribution in [2.75, 3.05) is 10.6 Å². The molecule has 1 aliphatic carbocycles. The molecule has 2 N–H and O–H groups in total. The predicted octanol–water partition coefficient (Wildman–Crippen LogP) is 3.92. The first-order chi connectivity index (χ1) is 14.0. The number of carbonyl (C=O) groups is 1. The summed E-state index contributed by atoms with van der Waals surface area (Å²) in [6.45, 7) is 2.25. The van der Waals surface area contributed by atoms with Gasteiger partial charge in [-0.05, 0) is 24.8 Å². The van der Waals surface area contributed by atoms with Crippen LogP contribution in [0.25, 0.3) is 0 Å². The molecule has 0 atom stereocenters. The van der Waals surface area contributed by atoms with E-state index in [1.54, 1.807) is 12.3 Å². The highest BCUT2D eigenvalue weighted by molar-refractivity contribution is 5.97. The number of nitrogens with one attached hydrogen (secondary N) is 2. The Balaban J connectivity index is 1.51. The van der Waals surface area contributed by atoms with Crippen molar-refractivity contribution in [2.45, 2.75) is 32.9 Å². The highest BCUT2D eigenvalue weighted by Crippen LogP contribution is 2.30. The number of hydrogen-bond acceptors (Lipinski definition) is 6. The van der Waals surface area contributed by atoms with Crippen LogP contribution in [0.4, 0.5) is 26.0 Å². The Labute approximate surface area is 166 Å². The second kappa shape index (κ2) is 7.94. The number of ketones is 1. The molecule has 1 fully saturated rings. The molecule has 150 valence electrons. The first-order valence-electron chi connectivity index (χ1n) is 9.34. The maximum Gasteiger partial charge on any atom is 0.182 e. The van der Waals surface area contributed by atoms with E-state index in [-0.39, 0.29) is 23.6 Å². The van der Waals surface area contributed by atoms with Crippen LogP contribution in [0.15, 0.2) is 36.7 Å². The van der Waals surface area contributed by atoms with Crippen molar-refractivity contribution in [3.05, 3.63) is 59.6 Å². The van der Waals surface area contributed by atoms with E-state index in [1.165, 1.54) is 31.9 Å². The third kappa shape index (κ3) is 4.56. The van der Waals surface area contributed by atoms with Crippen molar-refractivity contribution in [1.29, 1.82) is 0 Å². The summed E-state index contributed by atoms with van der Waals surface area (Å²) >= 11 is 0. The van der Waals surface area contributed by atoms with E-state index in [9.17, 15) is 13.6 Å². The fourth-order valence-corrected chi connectivity index (χ4v) is 2.96. The first-order valence-corrected chi connectivity index (χ1v) is 9.34. The van der Waals surface area contributed by atoms with Gasteiger partial charge in [0.05, 0.1) is 17.6 Å². The maximum absolute atomic E-state index is 13.9. The van der Waals surface area contributed by atoms with Gasteiger partial charge in [-0.1, -0.05) is 12.1 Å². The van der Waals surface area contributed by atoms with Crippen LogP contribution >= 0.6 is 0 Å². The van der Waals surface area contributed by atoms with Crippen LogP contribution < -0.4 is 10.6 Å². The molecule has 0 saturated heterocycles. The van der Waals surface area contributed by atoms with Gasteiger partial charge in [-0.3, -0.25) is 9.48 Å². The van der Waals surface area contributed by atoms with E-state index >= 15 is 0 Å². The van der Waals surface area contributed by atoms with Gasteiger partial charge in [0.1, 0.15) is 0 Å². The normalized spacial score (nSPS) is 13.3. The number of hydrogen-bond donors (Lipinski definition) is 2. The Bertz CT molecular complexity index is 1050. The Morgan fingerprint density at radius 1 is 1.28 bits per heavy atom. The average molecular weight is 398 g/mol. The molecule has 1 aromatic carbocycles. The smallest absolute Gasteiger partial charge is 0.182 e. The predicted molar refractivity (Wildman–Crippen MR) is 104 cm³/mol. The van der Waals surface area contributed by atoms with Crippen LogP contribution in [-0.2, 0) is 13.1 Å². The molecule has 7 nitrogen and oxygen atoms in total. The summed E-state index contributed by atoms with van der Waals surface area (Å²) in [5, 5.41) is 18.4. The van der Waals surface area contributed by atoms with Gasteiger partial charge in [-0.15, -0.1) is 10.2 Å². The summed E-state index contributed by atoms with van der Waals surface area (Å²) in [5.74, 6) is -1.02. The molecule has 1 aliphatic rings. The van der Waals surface area contributed by atoms with E-state index in [1.807, 2.05) is 10.9 Å². The number of benzene rings is 1. The number of Topliss-reactive ketones (excluding diaryl/α,β-unsaturated/α-hetero) is 1. The van der Waals surface area contributed by atoms with Crippen molar-refractivity contribution >= 4 is 23.0 Å². The van der Waals surface area contributed by atoms with Crippen molar-refractivity contribution in [1.82, 2.24) is 20.0 Å². The second-order valence-corrected chi connectivity index (χ2v) is 7.13. The van der Waals surface area contributed by atoms with Gasteiger partial charge in [0.25, 0.3) is 0 Å². The van der Waals surface area contributed by atoms with Gasteiger partial charge in [-0.25, -0.2) is 8.78 Å². The summed E-state index contributed by atoms with van der Waals surface area (Å²) in [5.41, 5.74) is 1.39. The molecule has 0 radical (unpaired) electrons. The monoisotopic (exact) mass is 398 g/mol. The Hall–Kier alpha value is -3.36. The van der Waals surface area contributed by atoms with Crippen molar-refractivity contribution in [3.63, 3.8) is 0 Å². The van der Waals surface area contributed by atoms with Gasteiger partial charge >= 0.3 is 0 Å². The highest BCUT2D eigenvalue weighted by atomic mass is 19.2. The minimum absolute atomic E-state index is 0.00563. The standard InChI is InChI=1S/C20H20F2N6O/c1-12(29)20-17(23-8-14-3-2-4-16(21)19(14)22)7-18(26-27-20)25-15-9-24-28(11-15)10-13-5-6-13/h2-4,7,9,11,13H,5-6,8,10H2,1H3,(H2,23,25,26). The molecule has 1 saturated carbocycles. The van der Waals surface area contributed by atoms with E-state index in [2.05, 4.69) is 25.9 Å². The molecular formula is C20H20F2N6O. The SMILES string of the molecule is CC(=O)c1nnc(Nc2cnn(CC3CC3)c2)cc1NCc1cccc(F)c1F. The summed E-state index contributed by atoms with van der Waals surface area (Å²) in [6.07, 6.45) is 6.05. The topological polar surface area (TPSA) is 84.7 Å². The molecule has 2 aromatic heterocycles. The van der Waals surface area contributed by atoms with Crippen molar-refractivity contribution < 1.29 is 13.6 Å². The Kier molecular flexibility index (Phi) is 5.20. The molecule has 0 unspecified atom stereocenters. The van der Waals surface area contributed by atoms with Crippen molar-refractivity contribution in [3.8, 4) is 0 Å². The zero-order chi connectivity index (χ0) is 20.4. The van der Waals surface area contributed by atoms with E-state index in [0.29, 0.717) is 17.4 Å². The van der Waals surface area contributed by atoms with Crippen LogP contribution in [-0.4, -0.2) is 25.8 Å². The van der Waals surface area contributed by atoms with Crippen LogP contribution in [0.5, 0.6) is 0 Å². The third-order valence-corrected chi connectivity index (χ3v) is 4.68. The summed E-state index contributed by atoms with van der Waals surface area (Å²) < 4.78 is 29.2. The van der Waals surface area contributed by atoms with E-state index in [0.717, 1.165) is 18.3 Å². The quantitative estimate of drug-likeness (QED) is 0.560. The summed E-state index contributed by atoms with van der Waals surface area (Å²) in [4.78, 5) is 11.9. The molecule has 0 spiro atoms. The molecular weight excluding hydrogens is 378 g/mol. The van der Waals surface area contributed by atoms with Crippen LogP contribution in [0, 0.1) is 17.6 Å². The molecule has 0 bridgehead atoms. The number of carbonyl (C=O) groups excluding carboxylic acids is 1. The molecule has 2 heterocycles. The Morgan fingerprint density at radius 3 is 2.86 bits per heavy atom. The molecule has 4 rings (SSSR count). The highest BCUT2D eigenvalue weighted by Gasteiger charge is 2.22. The molecule has 0 aliphatic heterocycles. The average Bonchev–Trinajstić information content (AvgIpc) is 3.40. The number of rotatable bonds is 8. The minimum atomic E-state index is -0.923. The summed E-state index contributed by atoms with van der Waals surface area (Å²) in [7, 11) is 0. The molecule has 29 heavy (non-hydrogen) atoms. The zero-order valence-corrected chi connectivity index (χ0v) is 15.8. The third-order valence-electron chi connectivity index (χ3n) is 4.68. The maximum atomic E-state index is 13.9. The minimum Gasteiger partial charge on any atom is -0.379 e. The largest absolute Gasteiger partial charge is 0.379 e. The van der Waals surface area contributed by atoms with Crippen molar-refractivity contribution in [2.24, 2.45) is 5.92 Å². The lowest BCUT2D eigenvalue weighted by Crippen LogP contribution is -2.10. The van der Waals surface area contributed by atoms with E-state index in [4.69, 9.17) is 0 Å². The van der Waals surface area contributed by atoms with Crippen LogP contribution in [0.2, 0.25) is 0 Å². The fourth-order valence-electron chi connectivity index (χ4n) is 2.96. The molecule has 0 amide bonds. The first kappa shape index (κ1) is 19.0. The van der Waals surface area contributed by atoms with E-state index < -0.39 is 11.6 Å².